The van der Waals surface area contributed by atoms with Crippen molar-refractivity contribution in [2.24, 2.45) is 0 Å². The van der Waals surface area contributed by atoms with Gasteiger partial charge < -0.3 is 5.32 Å². The Hall–Kier alpha value is -0.340. The second-order valence-electron chi connectivity index (χ2n) is 6.04. The summed E-state index contributed by atoms with van der Waals surface area (Å²) in [4.78, 5) is 2.62. The van der Waals surface area contributed by atoms with Gasteiger partial charge in [0.05, 0.1) is 0 Å². The second-order valence-corrected chi connectivity index (χ2v) is 6.04. The van der Waals surface area contributed by atoms with E-state index >= 15 is 0 Å². The minimum Gasteiger partial charge on any atom is -0.311 e. The fraction of sp³-hybridized carbons (Fsp3) is 0.875. The Morgan fingerprint density at radius 3 is 2.06 bits per heavy atom. The lowest BCUT2D eigenvalue weighted by atomic mass is 9.97. The van der Waals surface area contributed by atoms with Crippen LogP contribution in [0.4, 0.5) is 0 Å². The van der Waals surface area contributed by atoms with Crippen molar-refractivity contribution in [2.45, 2.75) is 72.4 Å². The van der Waals surface area contributed by atoms with Crippen molar-refractivity contribution in [3.05, 3.63) is 12.2 Å². The smallest absolute Gasteiger partial charge is 0.0187 e. The molecule has 0 aliphatic carbocycles. The topological polar surface area (TPSA) is 15.3 Å². The summed E-state index contributed by atoms with van der Waals surface area (Å²) < 4.78 is 0. The zero-order chi connectivity index (χ0) is 14.0. The summed E-state index contributed by atoms with van der Waals surface area (Å²) in [6.07, 6.45) is 8.20. The summed E-state index contributed by atoms with van der Waals surface area (Å²) in [5, 5.41) is 3.41. The van der Waals surface area contributed by atoms with Gasteiger partial charge in [0.25, 0.3) is 0 Å². The second kappa shape index (κ2) is 9.57. The van der Waals surface area contributed by atoms with Gasteiger partial charge in [0, 0.05) is 18.1 Å². The number of nitrogens with one attached hydrogen (secondary N) is 1. The van der Waals surface area contributed by atoms with Crippen molar-refractivity contribution in [1.82, 2.24) is 10.2 Å². The lowest BCUT2D eigenvalue weighted by Gasteiger charge is -2.38. The fourth-order valence-corrected chi connectivity index (χ4v) is 2.14. The van der Waals surface area contributed by atoms with E-state index in [0.29, 0.717) is 6.04 Å². The first kappa shape index (κ1) is 17.7. The van der Waals surface area contributed by atoms with Crippen molar-refractivity contribution < 1.29 is 0 Å². The van der Waals surface area contributed by atoms with Gasteiger partial charge in [-0.1, -0.05) is 39.8 Å². The monoisotopic (exact) mass is 254 g/mol. The van der Waals surface area contributed by atoms with Crippen LogP contribution < -0.4 is 5.32 Å². The summed E-state index contributed by atoms with van der Waals surface area (Å²) in [5.41, 5.74) is 0.278. The molecule has 2 heteroatoms. The van der Waals surface area contributed by atoms with Crippen LogP contribution in [-0.2, 0) is 0 Å². The molecule has 0 radical (unpaired) electrons. The summed E-state index contributed by atoms with van der Waals surface area (Å²) >= 11 is 0. The average Bonchev–Trinajstić information content (AvgIpc) is 2.27. The van der Waals surface area contributed by atoms with Crippen LogP contribution in [0, 0.1) is 0 Å². The Bertz CT molecular complexity index is 213. The Morgan fingerprint density at radius 1 is 1.06 bits per heavy atom. The Labute approximate surface area is 115 Å². The maximum Gasteiger partial charge on any atom is 0.0187 e. The molecule has 0 amide bonds. The number of nitrogens with zero attached hydrogens (tertiary/aromatic N) is 1. The van der Waals surface area contributed by atoms with Gasteiger partial charge >= 0.3 is 0 Å². The third-order valence-electron chi connectivity index (χ3n) is 3.27. The molecule has 0 rings (SSSR count). The van der Waals surface area contributed by atoms with E-state index in [1.807, 2.05) is 0 Å². The number of rotatable bonds is 10. The maximum atomic E-state index is 3.41. The molecular weight excluding hydrogens is 220 g/mol. The number of hydrogen-bond acceptors (Lipinski definition) is 2. The van der Waals surface area contributed by atoms with Crippen molar-refractivity contribution in [2.75, 3.05) is 19.6 Å². The van der Waals surface area contributed by atoms with E-state index in [-0.39, 0.29) is 5.54 Å². The van der Waals surface area contributed by atoms with Crippen LogP contribution in [0.25, 0.3) is 0 Å². The highest BCUT2D eigenvalue weighted by Gasteiger charge is 2.23. The van der Waals surface area contributed by atoms with E-state index in [1.54, 1.807) is 0 Å². The van der Waals surface area contributed by atoms with E-state index in [1.165, 1.54) is 25.9 Å². The summed E-state index contributed by atoms with van der Waals surface area (Å²) in [6.45, 7) is 17.0. The normalized spacial score (nSPS) is 13.1. The highest BCUT2D eigenvalue weighted by Crippen LogP contribution is 2.20. The largest absolute Gasteiger partial charge is 0.311 e. The minimum absolute atomic E-state index is 0.278. The van der Waals surface area contributed by atoms with E-state index in [9.17, 15) is 0 Å². The van der Waals surface area contributed by atoms with Gasteiger partial charge in [-0.25, -0.2) is 0 Å². The van der Waals surface area contributed by atoms with Gasteiger partial charge in [0.1, 0.15) is 0 Å². The van der Waals surface area contributed by atoms with Crippen LogP contribution in [0.1, 0.15) is 60.8 Å². The average molecular weight is 254 g/mol. The molecule has 0 atom stereocenters. The predicted octanol–water partition coefficient (Wildman–Crippen LogP) is 3.83. The number of hydrogen-bond donors (Lipinski definition) is 1. The van der Waals surface area contributed by atoms with E-state index in [2.05, 4.69) is 63.9 Å². The van der Waals surface area contributed by atoms with Crippen LogP contribution >= 0.6 is 0 Å². The predicted molar refractivity (Wildman–Crippen MR) is 83.1 cm³/mol. The highest BCUT2D eigenvalue weighted by atomic mass is 15.2. The molecule has 0 aromatic heterocycles. The maximum absolute atomic E-state index is 3.41. The van der Waals surface area contributed by atoms with Crippen LogP contribution in [0.15, 0.2) is 12.2 Å². The highest BCUT2D eigenvalue weighted by molar-refractivity contribution is 4.94. The summed E-state index contributed by atoms with van der Waals surface area (Å²) in [6, 6.07) is 0.569. The van der Waals surface area contributed by atoms with Gasteiger partial charge in [-0.05, 0) is 46.2 Å². The van der Waals surface area contributed by atoms with Crippen molar-refractivity contribution in [3.8, 4) is 0 Å². The molecular formula is C16H34N2. The molecule has 1 N–H and O–H groups in total. The van der Waals surface area contributed by atoms with Gasteiger partial charge in [0.15, 0.2) is 0 Å². The molecule has 0 fully saturated rings. The SMILES string of the molecule is CCCN(CCC)C(C)(C)C/C=C\CNC(C)C. The molecule has 0 aliphatic rings. The molecule has 0 aromatic carbocycles. The summed E-state index contributed by atoms with van der Waals surface area (Å²) in [7, 11) is 0. The van der Waals surface area contributed by atoms with Crippen LogP contribution in [0.5, 0.6) is 0 Å². The van der Waals surface area contributed by atoms with E-state index in [4.69, 9.17) is 0 Å². The molecule has 18 heavy (non-hydrogen) atoms. The molecule has 0 saturated carbocycles. The molecule has 0 saturated heterocycles. The van der Waals surface area contributed by atoms with Gasteiger partial charge in [0.2, 0.25) is 0 Å². The third kappa shape index (κ3) is 7.88. The Morgan fingerprint density at radius 2 is 1.61 bits per heavy atom. The van der Waals surface area contributed by atoms with Crippen LogP contribution in [-0.4, -0.2) is 36.1 Å². The van der Waals surface area contributed by atoms with Gasteiger partial charge in [-0.15, -0.1) is 0 Å². The molecule has 0 aromatic rings. The van der Waals surface area contributed by atoms with E-state index in [0.717, 1.165) is 13.0 Å². The molecule has 0 aliphatic heterocycles. The molecule has 108 valence electrons. The Balaban J connectivity index is 4.16. The van der Waals surface area contributed by atoms with Crippen LogP contribution in [0.2, 0.25) is 0 Å². The molecule has 0 spiro atoms. The fourth-order valence-electron chi connectivity index (χ4n) is 2.14. The first-order valence-corrected chi connectivity index (χ1v) is 7.57. The van der Waals surface area contributed by atoms with Crippen molar-refractivity contribution in [3.63, 3.8) is 0 Å². The first-order chi connectivity index (χ1) is 8.44. The van der Waals surface area contributed by atoms with Crippen molar-refractivity contribution >= 4 is 0 Å². The first-order valence-electron chi connectivity index (χ1n) is 7.57. The van der Waals surface area contributed by atoms with Gasteiger partial charge in [-0.2, -0.15) is 0 Å². The third-order valence-corrected chi connectivity index (χ3v) is 3.27. The van der Waals surface area contributed by atoms with E-state index < -0.39 is 0 Å². The molecule has 0 unspecified atom stereocenters. The molecule has 2 nitrogen and oxygen atoms in total. The molecule has 0 bridgehead atoms. The summed E-state index contributed by atoms with van der Waals surface area (Å²) in [5.74, 6) is 0. The molecule has 0 heterocycles. The zero-order valence-electron chi connectivity index (χ0n) is 13.4. The quantitative estimate of drug-likeness (QED) is 0.596. The Kier molecular flexibility index (Phi) is 9.39. The van der Waals surface area contributed by atoms with Crippen molar-refractivity contribution in [1.29, 1.82) is 0 Å². The lowest BCUT2D eigenvalue weighted by Crippen LogP contribution is -2.44. The lowest BCUT2D eigenvalue weighted by molar-refractivity contribution is 0.122. The van der Waals surface area contributed by atoms with Crippen LogP contribution in [0.3, 0.4) is 0 Å². The van der Waals surface area contributed by atoms with Gasteiger partial charge in [-0.3, -0.25) is 4.90 Å². The zero-order valence-corrected chi connectivity index (χ0v) is 13.4. The standard InChI is InChI=1S/C16H34N2/c1-7-13-18(14-8-2)16(5,6)11-9-10-12-17-15(3)4/h9-10,15,17H,7-8,11-14H2,1-6H3/b10-9-. The minimum atomic E-state index is 0.278.